The standard InChI is InChI=1S/C24H20N2O6/c1-29-22-13-17(12-18(14-25)24(28)26-15-20-8-5-11-30-20)9-10-21(22)32-23(27)16-31-19-6-3-2-4-7-19/h2-13H,15-16H2,1H3,(H,26,28)/b18-12+. The number of rotatable bonds is 9. The molecular weight excluding hydrogens is 412 g/mol. The zero-order valence-corrected chi connectivity index (χ0v) is 17.2. The Morgan fingerprint density at radius 3 is 2.59 bits per heavy atom. The molecule has 3 aromatic rings. The third-order valence-corrected chi connectivity index (χ3v) is 4.19. The average Bonchev–Trinajstić information content (AvgIpc) is 3.35. The maximum Gasteiger partial charge on any atom is 0.349 e. The predicted molar refractivity (Wildman–Crippen MR) is 115 cm³/mol. The fourth-order valence-corrected chi connectivity index (χ4v) is 2.66. The first-order chi connectivity index (χ1) is 15.6. The molecule has 3 rings (SSSR count). The zero-order chi connectivity index (χ0) is 22.8. The summed E-state index contributed by atoms with van der Waals surface area (Å²) >= 11 is 0. The average molecular weight is 432 g/mol. The highest BCUT2D eigenvalue weighted by Crippen LogP contribution is 2.29. The van der Waals surface area contributed by atoms with Gasteiger partial charge >= 0.3 is 5.97 Å². The third kappa shape index (κ3) is 6.24. The minimum absolute atomic E-state index is 0.0976. The number of ether oxygens (including phenoxy) is 3. The Labute approximate surface area is 184 Å². The molecule has 32 heavy (non-hydrogen) atoms. The Kier molecular flexibility index (Phi) is 7.65. The van der Waals surface area contributed by atoms with Crippen LogP contribution in [0.25, 0.3) is 6.08 Å². The molecule has 2 aromatic carbocycles. The Balaban J connectivity index is 1.64. The third-order valence-electron chi connectivity index (χ3n) is 4.19. The number of para-hydroxylation sites is 1. The molecule has 0 aliphatic carbocycles. The number of carbonyl (C=O) groups excluding carboxylic acids is 2. The molecule has 1 heterocycles. The summed E-state index contributed by atoms with van der Waals surface area (Å²) in [6.45, 7) is -0.114. The fourth-order valence-electron chi connectivity index (χ4n) is 2.66. The highest BCUT2D eigenvalue weighted by atomic mass is 16.6. The van der Waals surface area contributed by atoms with Gasteiger partial charge in [-0.05, 0) is 48.0 Å². The van der Waals surface area contributed by atoms with E-state index in [4.69, 9.17) is 18.6 Å². The Bertz CT molecular complexity index is 1130. The van der Waals surface area contributed by atoms with Gasteiger partial charge in [-0.3, -0.25) is 4.79 Å². The molecule has 0 saturated heterocycles. The molecule has 0 fully saturated rings. The summed E-state index contributed by atoms with van der Waals surface area (Å²) in [7, 11) is 1.42. The summed E-state index contributed by atoms with van der Waals surface area (Å²) in [6.07, 6.45) is 2.90. The van der Waals surface area contributed by atoms with Gasteiger partial charge in [0, 0.05) is 0 Å². The molecule has 0 spiro atoms. The van der Waals surface area contributed by atoms with Crippen molar-refractivity contribution in [2.24, 2.45) is 0 Å². The number of nitrogens with one attached hydrogen (secondary N) is 1. The van der Waals surface area contributed by atoms with Crippen molar-refractivity contribution in [3.63, 3.8) is 0 Å². The van der Waals surface area contributed by atoms with Gasteiger partial charge in [0.25, 0.3) is 5.91 Å². The van der Waals surface area contributed by atoms with E-state index in [0.29, 0.717) is 17.1 Å². The Morgan fingerprint density at radius 2 is 1.91 bits per heavy atom. The van der Waals surface area contributed by atoms with Gasteiger partial charge in [0.2, 0.25) is 0 Å². The van der Waals surface area contributed by atoms with Crippen LogP contribution in [0, 0.1) is 11.3 Å². The molecule has 0 aliphatic heterocycles. The van der Waals surface area contributed by atoms with Crippen molar-refractivity contribution in [1.29, 1.82) is 5.26 Å². The Morgan fingerprint density at radius 1 is 1.09 bits per heavy atom. The van der Waals surface area contributed by atoms with E-state index in [-0.39, 0.29) is 30.2 Å². The van der Waals surface area contributed by atoms with Crippen LogP contribution in [0.5, 0.6) is 17.2 Å². The zero-order valence-electron chi connectivity index (χ0n) is 17.2. The van der Waals surface area contributed by atoms with Crippen LogP contribution < -0.4 is 19.5 Å². The minimum Gasteiger partial charge on any atom is -0.493 e. The summed E-state index contributed by atoms with van der Waals surface area (Å²) in [6, 6.07) is 18.8. The molecule has 8 nitrogen and oxygen atoms in total. The largest absolute Gasteiger partial charge is 0.493 e. The molecule has 1 amide bonds. The van der Waals surface area contributed by atoms with Gasteiger partial charge in [-0.15, -0.1) is 0 Å². The van der Waals surface area contributed by atoms with Gasteiger partial charge in [0.05, 0.1) is 19.9 Å². The van der Waals surface area contributed by atoms with Crippen LogP contribution in [0.3, 0.4) is 0 Å². The lowest BCUT2D eigenvalue weighted by atomic mass is 10.1. The van der Waals surface area contributed by atoms with Crippen molar-refractivity contribution in [2.75, 3.05) is 13.7 Å². The second-order valence-electron chi connectivity index (χ2n) is 6.42. The van der Waals surface area contributed by atoms with Crippen molar-refractivity contribution in [3.05, 3.63) is 83.8 Å². The quantitative estimate of drug-likeness (QED) is 0.238. The molecule has 0 aliphatic rings. The molecule has 0 bridgehead atoms. The van der Waals surface area contributed by atoms with Crippen LogP contribution in [-0.4, -0.2) is 25.6 Å². The van der Waals surface area contributed by atoms with Crippen LogP contribution in [-0.2, 0) is 16.1 Å². The first-order valence-electron chi connectivity index (χ1n) is 9.58. The summed E-state index contributed by atoms with van der Waals surface area (Å²) < 4.78 is 21.1. The molecule has 0 saturated carbocycles. The molecule has 162 valence electrons. The Hall–Kier alpha value is -4.51. The highest BCUT2D eigenvalue weighted by molar-refractivity contribution is 6.01. The van der Waals surface area contributed by atoms with Crippen molar-refractivity contribution >= 4 is 18.0 Å². The number of hydrogen-bond acceptors (Lipinski definition) is 7. The first-order valence-corrected chi connectivity index (χ1v) is 9.58. The number of esters is 1. The summed E-state index contributed by atoms with van der Waals surface area (Å²) in [5.41, 5.74) is 0.423. The lowest BCUT2D eigenvalue weighted by molar-refractivity contribution is -0.136. The van der Waals surface area contributed by atoms with E-state index < -0.39 is 11.9 Å². The summed E-state index contributed by atoms with van der Waals surface area (Å²) in [5, 5.41) is 12.0. The van der Waals surface area contributed by atoms with Gasteiger partial charge < -0.3 is 23.9 Å². The number of hydrogen-bond donors (Lipinski definition) is 1. The molecule has 1 aromatic heterocycles. The number of methoxy groups -OCH3 is 1. The van der Waals surface area contributed by atoms with E-state index in [9.17, 15) is 14.9 Å². The van der Waals surface area contributed by atoms with Crippen LogP contribution in [0.4, 0.5) is 0 Å². The monoisotopic (exact) mass is 432 g/mol. The normalized spacial score (nSPS) is 10.7. The second kappa shape index (κ2) is 11.0. The number of nitriles is 1. The maximum atomic E-state index is 12.3. The van der Waals surface area contributed by atoms with Crippen molar-refractivity contribution in [2.45, 2.75) is 6.54 Å². The van der Waals surface area contributed by atoms with E-state index in [1.165, 1.54) is 25.5 Å². The SMILES string of the molecule is COc1cc(/C=C(\C#N)C(=O)NCc2ccco2)ccc1OC(=O)COc1ccccc1. The molecule has 1 N–H and O–H groups in total. The van der Waals surface area contributed by atoms with Gasteiger partial charge in [-0.25, -0.2) is 4.79 Å². The fraction of sp³-hybridized carbons (Fsp3) is 0.125. The van der Waals surface area contributed by atoms with Gasteiger partial charge in [0.15, 0.2) is 18.1 Å². The smallest absolute Gasteiger partial charge is 0.349 e. The molecule has 0 radical (unpaired) electrons. The first kappa shape index (κ1) is 22.2. The topological polar surface area (TPSA) is 111 Å². The van der Waals surface area contributed by atoms with E-state index in [2.05, 4.69) is 5.32 Å². The van der Waals surface area contributed by atoms with Crippen molar-refractivity contribution < 1.29 is 28.2 Å². The van der Waals surface area contributed by atoms with Gasteiger partial charge in [-0.1, -0.05) is 24.3 Å². The molecular formula is C24H20N2O6. The molecule has 0 atom stereocenters. The number of furan rings is 1. The van der Waals surface area contributed by atoms with Crippen molar-refractivity contribution in [3.8, 4) is 23.3 Å². The van der Waals surface area contributed by atoms with Gasteiger partial charge in [-0.2, -0.15) is 5.26 Å². The minimum atomic E-state index is -0.606. The predicted octanol–water partition coefficient (Wildman–Crippen LogP) is 3.50. The van der Waals surface area contributed by atoms with Crippen LogP contribution >= 0.6 is 0 Å². The number of benzene rings is 2. The number of amides is 1. The lowest BCUT2D eigenvalue weighted by Crippen LogP contribution is -2.23. The molecule has 0 unspecified atom stereocenters. The van der Waals surface area contributed by atoms with Crippen LogP contribution in [0.15, 0.2) is 76.9 Å². The van der Waals surface area contributed by atoms with E-state index in [1.54, 1.807) is 48.5 Å². The molecule has 8 heteroatoms. The summed E-state index contributed by atoms with van der Waals surface area (Å²) in [4.78, 5) is 24.4. The van der Waals surface area contributed by atoms with Crippen LogP contribution in [0.1, 0.15) is 11.3 Å². The van der Waals surface area contributed by atoms with E-state index >= 15 is 0 Å². The van der Waals surface area contributed by atoms with E-state index in [0.717, 1.165) is 0 Å². The van der Waals surface area contributed by atoms with Crippen molar-refractivity contribution in [1.82, 2.24) is 5.32 Å². The highest BCUT2D eigenvalue weighted by Gasteiger charge is 2.13. The number of nitrogens with zero attached hydrogens (tertiary/aromatic N) is 1. The lowest BCUT2D eigenvalue weighted by Gasteiger charge is -2.11. The number of carbonyl (C=O) groups is 2. The van der Waals surface area contributed by atoms with E-state index in [1.807, 2.05) is 12.1 Å². The summed E-state index contributed by atoms with van der Waals surface area (Å²) in [5.74, 6) is 0.417. The second-order valence-corrected chi connectivity index (χ2v) is 6.42. The van der Waals surface area contributed by atoms with Gasteiger partial charge in [0.1, 0.15) is 23.2 Å². The maximum absolute atomic E-state index is 12.3. The van der Waals surface area contributed by atoms with Crippen LogP contribution in [0.2, 0.25) is 0 Å².